The summed E-state index contributed by atoms with van der Waals surface area (Å²) in [6.07, 6.45) is 0. The lowest BCUT2D eigenvalue weighted by Crippen LogP contribution is -2.31. The Morgan fingerprint density at radius 1 is 1.04 bits per heavy atom. The van der Waals surface area contributed by atoms with Crippen molar-refractivity contribution in [2.75, 3.05) is 0 Å². The van der Waals surface area contributed by atoms with Crippen LogP contribution in [-0.4, -0.2) is 22.8 Å². The molecular formula is C17H18FN3O2. The zero-order valence-corrected chi connectivity index (χ0v) is 13.0. The first-order chi connectivity index (χ1) is 11.0. The van der Waals surface area contributed by atoms with Crippen molar-refractivity contribution in [2.24, 2.45) is 0 Å². The summed E-state index contributed by atoms with van der Waals surface area (Å²) in [5, 5.41) is 5.30. The normalized spacial score (nSPS) is 10.4. The van der Waals surface area contributed by atoms with Gasteiger partial charge in [-0.3, -0.25) is 9.59 Å². The molecule has 0 radical (unpaired) electrons. The maximum atomic E-state index is 13.5. The largest absolute Gasteiger partial charge is 0.349 e. The quantitative estimate of drug-likeness (QED) is 0.889. The van der Waals surface area contributed by atoms with Gasteiger partial charge >= 0.3 is 0 Å². The van der Waals surface area contributed by atoms with E-state index in [9.17, 15) is 14.0 Å². The van der Waals surface area contributed by atoms with Gasteiger partial charge in [-0.15, -0.1) is 0 Å². The van der Waals surface area contributed by atoms with Crippen LogP contribution in [0.1, 0.15) is 40.4 Å². The molecule has 0 aliphatic rings. The van der Waals surface area contributed by atoms with E-state index in [4.69, 9.17) is 0 Å². The molecule has 0 saturated carbocycles. The summed E-state index contributed by atoms with van der Waals surface area (Å²) in [6.45, 7) is 3.72. The molecule has 0 aliphatic heterocycles. The average molecular weight is 315 g/mol. The number of aromatic nitrogens is 1. The van der Waals surface area contributed by atoms with Gasteiger partial charge in [-0.2, -0.15) is 0 Å². The van der Waals surface area contributed by atoms with Gasteiger partial charge in [-0.05, 0) is 32.0 Å². The van der Waals surface area contributed by atoms with Crippen LogP contribution in [0.2, 0.25) is 0 Å². The second-order valence-electron chi connectivity index (χ2n) is 5.31. The zero-order valence-electron chi connectivity index (χ0n) is 13.0. The molecule has 0 atom stereocenters. The minimum Gasteiger partial charge on any atom is -0.349 e. The lowest BCUT2D eigenvalue weighted by Gasteiger charge is -2.09. The molecule has 2 rings (SSSR count). The Kier molecular flexibility index (Phi) is 5.41. The maximum Gasteiger partial charge on any atom is 0.270 e. The molecule has 5 nitrogen and oxygen atoms in total. The Morgan fingerprint density at radius 3 is 2.35 bits per heavy atom. The van der Waals surface area contributed by atoms with Crippen LogP contribution in [0.15, 0.2) is 42.5 Å². The number of nitrogens with zero attached hydrogens (tertiary/aromatic N) is 1. The van der Waals surface area contributed by atoms with Crippen molar-refractivity contribution in [1.82, 2.24) is 15.6 Å². The summed E-state index contributed by atoms with van der Waals surface area (Å²) >= 11 is 0. The lowest BCUT2D eigenvalue weighted by atomic mass is 10.2. The first-order valence-electron chi connectivity index (χ1n) is 7.27. The van der Waals surface area contributed by atoms with E-state index in [0.717, 1.165) is 0 Å². The van der Waals surface area contributed by atoms with Gasteiger partial charge in [0.25, 0.3) is 11.8 Å². The molecule has 0 bridgehead atoms. The van der Waals surface area contributed by atoms with Gasteiger partial charge in [0.05, 0.1) is 0 Å². The highest BCUT2D eigenvalue weighted by molar-refractivity contribution is 5.96. The fourth-order valence-electron chi connectivity index (χ4n) is 1.93. The first kappa shape index (κ1) is 16.6. The van der Waals surface area contributed by atoms with Crippen molar-refractivity contribution in [3.63, 3.8) is 0 Å². The topological polar surface area (TPSA) is 71.1 Å². The minimum absolute atomic E-state index is 0.0251. The van der Waals surface area contributed by atoms with Gasteiger partial charge in [0.15, 0.2) is 0 Å². The third kappa shape index (κ3) is 4.60. The predicted molar refractivity (Wildman–Crippen MR) is 84.4 cm³/mol. The second kappa shape index (κ2) is 7.49. The van der Waals surface area contributed by atoms with Crippen LogP contribution < -0.4 is 10.6 Å². The molecule has 2 N–H and O–H groups in total. The maximum absolute atomic E-state index is 13.5. The van der Waals surface area contributed by atoms with Crippen LogP contribution >= 0.6 is 0 Å². The van der Waals surface area contributed by atoms with Crippen LogP contribution in [0.5, 0.6) is 0 Å². The zero-order chi connectivity index (χ0) is 16.8. The highest BCUT2D eigenvalue weighted by Gasteiger charge is 2.13. The van der Waals surface area contributed by atoms with E-state index in [2.05, 4.69) is 15.6 Å². The van der Waals surface area contributed by atoms with Crippen molar-refractivity contribution < 1.29 is 14.0 Å². The van der Waals surface area contributed by atoms with E-state index < -0.39 is 5.91 Å². The number of benzene rings is 1. The molecule has 0 fully saturated rings. The predicted octanol–water partition coefficient (Wildman–Crippen LogP) is 2.29. The number of pyridine rings is 1. The van der Waals surface area contributed by atoms with Gasteiger partial charge in [0.2, 0.25) is 0 Å². The summed E-state index contributed by atoms with van der Waals surface area (Å²) in [4.78, 5) is 28.0. The van der Waals surface area contributed by atoms with Crippen LogP contribution in [0.4, 0.5) is 4.39 Å². The fourth-order valence-corrected chi connectivity index (χ4v) is 1.93. The van der Waals surface area contributed by atoms with E-state index >= 15 is 0 Å². The van der Waals surface area contributed by atoms with Crippen molar-refractivity contribution >= 4 is 11.8 Å². The van der Waals surface area contributed by atoms with Crippen molar-refractivity contribution in [2.45, 2.75) is 26.4 Å². The van der Waals surface area contributed by atoms with Crippen LogP contribution in [0, 0.1) is 5.82 Å². The van der Waals surface area contributed by atoms with E-state index in [0.29, 0.717) is 5.56 Å². The molecule has 0 saturated heterocycles. The third-order valence-electron chi connectivity index (χ3n) is 3.03. The van der Waals surface area contributed by atoms with Gasteiger partial charge in [0, 0.05) is 18.2 Å². The average Bonchev–Trinajstić information content (AvgIpc) is 2.53. The van der Waals surface area contributed by atoms with Gasteiger partial charge in [0.1, 0.15) is 17.2 Å². The van der Waals surface area contributed by atoms with Gasteiger partial charge < -0.3 is 10.6 Å². The Labute approximate surface area is 133 Å². The van der Waals surface area contributed by atoms with E-state index in [1.54, 1.807) is 24.3 Å². The SMILES string of the molecule is CC(C)NC(=O)c1cccc(C(=O)NCc2ccccc2F)n1. The molecule has 0 aliphatic carbocycles. The standard InChI is InChI=1S/C17H18FN3O2/c1-11(2)20-17(23)15-9-5-8-14(21-15)16(22)19-10-12-6-3-4-7-13(12)18/h3-9,11H,10H2,1-2H3,(H,19,22)(H,20,23). The summed E-state index contributed by atoms with van der Waals surface area (Å²) in [6, 6.07) is 10.8. The molecule has 120 valence electrons. The van der Waals surface area contributed by atoms with Gasteiger partial charge in [-0.25, -0.2) is 9.37 Å². The summed E-state index contributed by atoms with van der Waals surface area (Å²) in [5.74, 6) is -1.19. The van der Waals surface area contributed by atoms with E-state index in [-0.39, 0.29) is 35.7 Å². The molecule has 1 heterocycles. The number of hydrogen-bond acceptors (Lipinski definition) is 3. The monoisotopic (exact) mass is 315 g/mol. The highest BCUT2D eigenvalue weighted by Crippen LogP contribution is 2.06. The minimum atomic E-state index is -0.465. The molecule has 1 aromatic carbocycles. The summed E-state index contributed by atoms with van der Waals surface area (Å²) in [7, 11) is 0. The highest BCUT2D eigenvalue weighted by atomic mass is 19.1. The van der Waals surface area contributed by atoms with Crippen molar-refractivity contribution in [1.29, 1.82) is 0 Å². The Morgan fingerprint density at radius 2 is 1.70 bits per heavy atom. The summed E-state index contributed by atoms with van der Waals surface area (Å²) in [5.41, 5.74) is 0.657. The molecule has 0 spiro atoms. The van der Waals surface area contributed by atoms with Crippen LogP contribution in [0.3, 0.4) is 0 Å². The number of nitrogens with one attached hydrogen (secondary N) is 2. The first-order valence-corrected chi connectivity index (χ1v) is 7.27. The van der Waals surface area contributed by atoms with Gasteiger partial charge in [-0.1, -0.05) is 24.3 Å². The lowest BCUT2D eigenvalue weighted by molar-refractivity contribution is 0.0936. The Balaban J connectivity index is 2.05. The fraction of sp³-hybridized carbons (Fsp3) is 0.235. The molecular weight excluding hydrogens is 297 g/mol. The van der Waals surface area contributed by atoms with Crippen LogP contribution in [0.25, 0.3) is 0 Å². The second-order valence-corrected chi connectivity index (χ2v) is 5.31. The van der Waals surface area contributed by atoms with Crippen molar-refractivity contribution in [3.8, 4) is 0 Å². The molecule has 0 unspecified atom stereocenters. The number of carbonyl (C=O) groups is 2. The third-order valence-corrected chi connectivity index (χ3v) is 3.03. The number of carbonyl (C=O) groups excluding carboxylic acids is 2. The Hall–Kier alpha value is -2.76. The molecule has 6 heteroatoms. The number of rotatable bonds is 5. The molecule has 23 heavy (non-hydrogen) atoms. The molecule has 2 amide bonds. The number of amides is 2. The van der Waals surface area contributed by atoms with Crippen molar-refractivity contribution in [3.05, 3.63) is 65.2 Å². The summed E-state index contributed by atoms with van der Waals surface area (Å²) < 4.78 is 13.5. The number of halogens is 1. The van der Waals surface area contributed by atoms with Crippen LogP contribution in [-0.2, 0) is 6.54 Å². The molecule has 1 aromatic heterocycles. The molecule has 2 aromatic rings. The Bertz CT molecular complexity index is 716. The van der Waals surface area contributed by atoms with E-state index in [1.165, 1.54) is 18.2 Å². The number of hydrogen-bond donors (Lipinski definition) is 2. The smallest absolute Gasteiger partial charge is 0.270 e. The van der Waals surface area contributed by atoms with E-state index in [1.807, 2.05) is 13.8 Å².